The summed E-state index contributed by atoms with van der Waals surface area (Å²) in [6, 6.07) is 12.6. The van der Waals surface area contributed by atoms with E-state index in [0.29, 0.717) is 23.0 Å². The molecule has 108 valence electrons. The summed E-state index contributed by atoms with van der Waals surface area (Å²) in [6.45, 7) is 3.89. The van der Waals surface area contributed by atoms with E-state index >= 15 is 0 Å². The van der Waals surface area contributed by atoms with E-state index in [1.54, 1.807) is 35.0 Å². The number of hydrogen-bond donors (Lipinski definition) is 0. The Hall–Kier alpha value is -3.20. The van der Waals surface area contributed by atoms with E-state index in [2.05, 4.69) is 21.1 Å². The van der Waals surface area contributed by atoms with Crippen LogP contribution in [-0.4, -0.2) is 19.7 Å². The molecule has 0 unspecified atom stereocenters. The highest BCUT2D eigenvalue weighted by atomic mass is 16.5. The van der Waals surface area contributed by atoms with Crippen LogP contribution >= 0.6 is 0 Å². The average Bonchev–Trinajstić information content (AvgIpc) is 2.87. The zero-order valence-electron chi connectivity index (χ0n) is 12.2. The molecule has 1 aromatic carbocycles. The Bertz CT molecular complexity index is 846. The van der Waals surface area contributed by atoms with Gasteiger partial charge >= 0.3 is 0 Å². The Balaban J connectivity index is 1.88. The maximum atomic E-state index is 8.79. The second-order valence-corrected chi connectivity index (χ2v) is 4.79. The van der Waals surface area contributed by atoms with E-state index in [1.807, 2.05) is 19.9 Å². The number of ether oxygens (including phenoxy) is 1. The predicted octanol–water partition coefficient (Wildman–Crippen LogP) is 2.94. The molecule has 0 radical (unpaired) electrons. The van der Waals surface area contributed by atoms with Crippen LogP contribution in [0.2, 0.25) is 0 Å². The topological polar surface area (TPSA) is 76.6 Å². The van der Waals surface area contributed by atoms with Crippen molar-refractivity contribution >= 4 is 0 Å². The highest BCUT2D eigenvalue weighted by molar-refractivity contribution is 5.37. The van der Waals surface area contributed by atoms with Crippen molar-refractivity contribution in [2.24, 2.45) is 0 Å². The molecule has 0 saturated heterocycles. The molecule has 0 fully saturated rings. The molecule has 6 heteroatoms. The number of aryl methyl sites for hydroxylation is 2. The van der Waals surface area contributed by atoms with Crippen LogP contribution in [0.25, 0.3) is 5.82 Å². The Morgan fingerprint density at radius 2 is 1.86 bits per heavy atom. The standard InChI is InChI=1S/C16H13N5O/c1-11-7-12(2)21(20-11)15-8-16(19-10-18-15)22-14-5-3-13(9-17)4-6-14/h3-8,10H,1-2H3. The fraction of sp³-hybridized carbons (Fsp3) is 0.125. The van der Waals surface area contributed by atoms with Gasteiger partial charge in [-0.1, -0.05) is 0 Å². The monoisotopic (exact) mass is 291 g/mol. The molecular formula is C16H13N5O. The molecule has 0 amide bonds. The van der Waals surface area contributed by atoms with Crippen molar-refractivity contribution in [3.63, 3.8) is 0 Å². The molecule has 22 heavy (non-hydrogen) atoms. The molecule has 2 heterocycles. The minimum absolute atomic E-state index is 0.419. The van der Waals surface area contributed by atoms with E-state index < -0.39 is 0 Å². The summed E-state index contributed by atoms with van der Waals surface area (Å²) in [5.41, 5.74) is 2.49. The van der Waals surface area contributed by atoms with Gasteiger partial charge in [0.05, 0.1) is 17.3 Å². The van der Waals surface area contributed by atoms with Gasteiger partial charge in [0, 0.05) is 11.8 Å². The van der Waals surface area contributed by atoms with Gasteiger partial charge in [-0.3, -0.25) is 0 Å². The third kappa shape index (κ3) is 2.79. The van der Waals surface area contributed by atoms with Gasteiger partial charge in [0.2, 0.25) is 5.88 Å². The lowest BCUT2D eigenvalue weighted by Crippen LogP contribution is -2.03. The summed E-state index contributed by atoms with van der Waals surface area (Å²) in [7, 11) is 0. The SMILES string of the molecule is Cc1cc(C)n(-c2cc(Oc3ccc(C#N)cc3)ncn2)n1. The van der Waals surface area contributed by atoms with Crippen molar-refractivity contribution in [1.82, 2.24) is 19.7 Å². The first-order chi connectivity index (χ1) is 10.7. The number of benzene rings is 1. The molecule has 6 nitrogen and oxygen atoms in total. The summed E-state index contributed by atoms with van der Waals surface area (Å²) in [4.78, 5) is 8.32. The molecule has 0 aliphatic heterocycles. The van der Waals surface area contributed by atoms with E-state index in [-0.39, 0.29) is 0 Å². The molecule has 3 aromatic rings. The van der Waals surface area contributed by atoms with Crippen molar-refractivity contribution < 1.29 is 4.74 Å². The Labute approximate surface area is 127 Å². The number of rotatable bonds is 3. The molecule has 2 aromatic heterocycles. The largest absolute Gasteiger partial charge is 0.439 e. The number of nitrogens with zero attached hydrogens (tertiary/aromatic N) is 5. The quantitative estimate of drug-likeness (QED) is 0.741. The molecular weight excluding hydrogens is 278 g/mol. The third-order valence-corrected chi connectivity index (χ3v) is 3.06. The molecule has 0 spiro atoms. The minimum Gasteiger partial charge on any atom is -0.439 e. The number of nitriles is 1. The van der Waals surface area contributed by atoms with E-state index in [0.717, 1.165) is 11.4 Å². The Morgan fingerprint density at radius 3 is 2.50 bits per heavy atom. The zero-order valence-corrected chi connectivity index (χ0v) is 12.2. The van der Waals surface area contributed by atoms with Gasteiger partial charge in [0.1, 0.15) is 12.1 Å². The lowest BCUT2D eigenvalue weighted by molar-refractivity contribution is 0.460. The second-order valence-electron chi connectivity index (χ2n) is 4.79. The molecule has 3 rings (SSSR count). The van der Waals surface area contributed by atoms with Crippen LogP contribution in [0.5, 0.6) is 11.6 Å². The molecule has 0 aliphatic carbocycles. The van der Waals surface area contributed by atoms with E-state index in [1.165, 1.54) is 6.33 Å². The zero-order chi connectivity index (χ0) is 15.5. The van der Waals surface area contributed by atoms with Crippen LogP contribution in [0.15, 0.2) is 42.7 Å². The van der Waals surface area contributed by atoms with Crippen LogP contribution < -0.4 is 4.74 Å². The van der Waals surface area contributed by atoms with Crippen molar-refractivity contribution in [2.75, 3.05) is 0 Å². The van der Waals surface area contributed by atoms with Crippen LogP contribution in [0, 0.1) is 25.2 Å². The maximum absolute atomic E-state index is 8.79. The molecule has 0 N–H and O–H groups in total. The van der Waals surface area contributed by atoms with Crippen molar-refractivity contribution in [3.05, 3.63) is 59.7 Å². The van der Waals surface area contributed by atoms with Gasteiger partial charge in [-0.15, -0.1) is 0 Å². The van der Waals surface area contributed by atoms with Crippen molar-refractivity contribution in [1.29, 1.82) is 5.26 Å². The van der Waals surface area contributed by atoms with Crippen molar-refractivity contribution in [2.45, 2.75) is 13.8 Å². The molecule has 0 bridgehead atoms. The molecule has 0 aliphatic rings. The van der Waals surface area contributed by atoms with Gasteiger partial charge in [0.25, 0.3) is 0 Å². The summed E-state index contributed by atoms with van der Waals surface area (Å²) in [5, 5.41) is 13.2. The Morgan fingerprint density at radius 1 is 1.09 bits per heavy atom. The maximum Gasteiger partial charge on any atom is 0.224 e. The average molecular weight is 291 g/mol. The first-order valence-electron chi connectivity index (χ1n) is 6.69. The van der Waals surface area contributed by atoms with E-state index in [4.69, 9.17) is 10.00 Å². The van der Waals surface area contributed by atoms with Crippen LogP contribution in [0.3, 0.4) is 0 Å². The van der Waals surface area contributed by atoms with Gasteiger partial charge in [0.15, 0.2) is 5.82 Å². The molecule has 0 atom stereocenters. The Kier molecular flexibility index (Phi) is 3.54. The summed E-state index contributed by atoms with van der Waals surface area (Å²) in [5.74, 6) is 1.67. The first-order valence-corrected chi connectivity index (χ1v) is 6.69. The fourth-order valence-corrected chi connectivity index (χ4v) is 2.08. The van der Waals surface area contributed by atoms with Crippen LogP contribution in [0.1, 0.15) is 17.0 Å². The smallest absolute Gasteiger partial charge is 0.224 e. The number of hydrogen-bond acceptors (Lipinski definition) is 5. The van der Waals surface area contributed by atoms with Gasteiger partial charge in [-0.25, -0.2) is 14.6 Å². The van der Waals surface area contributed by atoms with Crippen LogP contribution in [0.4, 0.5) is 0 Å². The highest BCUT2D eigenvalue weighted by Gasteiger charge is 2.07. The minimum atomic E-state index is 0.419. The van der Waals surface area contributed by atoms with Gasteiger partial charge in [-0.05, 0) is 44.2 Å². The second kappa shape index (κ2) is 5.66. The third-order valence-electron chi connectivity index (χ3n) is 3.06. The lowest BCUT2D eigenvalue weighted by atomic mass is 10.2. The fourth-order valence-electron chi connectivity index (χ4n) is 2.08. The number of aromatic nitrogens is 4. The van der Waals surface area contributed by atoms with Gasteiger partial charge in [-0.2, -0.15) is 10.4 Å². The predicted molar refractivity (Wildman–Crippen MR) is 79.9 cm³/mol. The first kappa shape index (κ1) is 13.8. The summed E-state index contributed by atoms with van der Waals surface area (Å²) in [6.07, 6.45) is 1.44. The van der Waals surface area contributed by atoms with Crippen LogP contribution in [-0.2, 0) is 0 Å². The molecule has 0 saturated carbocycles. The summed E-state index contributed by atoms with van der Waals surface area (Å²) < 4.78 is 7.42. The highest BCUT2D eigenvalue weighted by Crippen LogP contribution is 2.21. The summed E-state index contributed by atoms with van der Waals surface area (Å²) >= 11 is 0. The normalized spacial score (nSPS) is 10.2. The lowest BCUT2D eigenvalue weighted by Gasteiger charge is -2.07. The van der Waals surface area contributed by atoms with Crippen molar-refractivity contribution in [3.8, 4) is 23.5 Å². The van der Waals surface area contributed by atoms with Gasteiger partial charge < -0.3 is 4.74 Å². The van der Waals surface area contributed by atoms with E-state index in [9.17, 15) is 0 Å².